The summed E-state index contributed by atoms with van der Waals surface area (Å²) in [5.74, 6) is -0.00639. The number of esters is 1. The van der Waals surface area contributed by atoms with Crippen molar-refractivity contribution in [3.63, 3.8) is 0 Å². The molecule has 0 aliphatic heterocycles. The van der Waals surface area contributed by atoms with Crippen LogP contribution in [0, 0.1) is 16.7 Å². The molecule has 1 N–H and O–H groups in total. The highest BCUT2D eigenvalue weighted by Crippen LogP contribution is 2.49. The first kappa shape index (κ1) is 14.0. The molecule has 1 aliphatic rings. The summed E-state index contributed by atoms with van der Waals surface area (Å²) < 4.78 is 5.15. The lowest BCUT2D eigenvalue weighted by Gasteiger charge is -2.48. The molecule has 1 saturated carbocycles. The second-order valence-corrected chi connectivity index (χ2v) is 5.95. The first-order chi connectivity index (χ1) is 7.74. The zero-order chi connectivity index (χ0) is 13.3. The Morgan fingerprint density at radius 2 is 2.12 bits per heavy atom. The van der Waals surface area contributed by atoms with Gasteiger partial charge in [-0.25, -0.2) is 0 Å². The van der Waals surface area contributed by atoms with Gasteiger partial charge in [-0.2, -0.15) is 0 Å². The number of hydrogen-bond acceptors (Lipinski definition) is 4. The zero-order valence-corrected chi connectivity index (χ0v) is 11.4. The third kappa shape index (κ3) is 2.61. The number of hydrogen-bond donors (Lipinski definition) is 1. The fraction of sp³-hybridized carbons (Fsp3) is 0.846. The van der Waals surface area contributed by atoms with Gasteiger partial charge in [0.2, 0.25) is 0 Å². The van der Waals surface area contributed by atoms with Gasteiger partial charge in [-0.05, 0) is 24.2 Å². The van der Waals surface area contributed by atoms with Gasteiger partial charge in [-0.1, -0.05) is 32.9 Å². The van der Waals surface area contributed by atoms with Crippen molar-refractivity contribution >= 4 is 11.7 Å². The van der Waals surface area contributed by atoms with Crippen LogP contribution in [-0.4, -0.2) is 23.5 Å². The molecule has 1 fully saturated rings. The molecule has 17 heavy (non-hydrogen) atoms. The Balaban J connectivity index is 2.98. The maximum absolute atomic E-state index is 11.0. The van der Waals surface area contributed by atoms with Crippen LogP contribution in [0.4, 0.5) is 0 Å². The minimum atomic E-state index is -0.373. The molecule has 0 aromatic rings. The summed E-state index contributed by atoms with van der Waals surface area (Å²) in [6.07, 6.45) is 1.74. The summed E-state index contributed by atoms with van der Waals surface area (Å²) in [6.45, 7) is 10.2. The largest absolute Gasteiger partial charge is 0.465 e. The van der Waals surface area contributed by atoms with Crippen LogP contribution in [0.25, 0.3) is 0 Å². The number of carbonyl (C=O) groups is 1. The standard InChI is InChI=1S/C13H23NO3/c1-9-12(3,4)7-6-11(14-16)13(9,5)8-17-10(2)15/h9,16H,6-8H2,1-5H3/b14-11+/t9-,13+/m1/s1. The van der Waals surface area contributed by atoms with E-state index in [1.54, 1.807) is 0 Å². The van der Waals surface area contributed by atoms with E-state index >= 15 is 0 Å². The summed E-state index contributed by atoms with van der Waals surface area (Å²) in [5, 5.41) is 12.5. The molecule has 98 valence electrons. The van der Waals surface area contributed by atoms with E-state index in [0.717, 1.165) is 18.6 Å². The first-order valence-corrected chi connectivity index (χ1v) is 6.09. The highest BCUT2D eigenvalue weighted by Gasteiger charge is 2.48. The lowest BCUT2D eigenvalue weighted by Crippen LogP contribution is -2.49. The van der Waals surface area contributed by atoms with Gasteiger partial charge in [0.05, 0.1) is 5.71 Å². The quantitative estimate of drug-likeness (QED) is 0.459. The Morgan fingerprint density at radius 3 is 2.59 bits per heavy atom. The van der Waals surface area contributed by atoms with E-state index in [9.17, 15) is 4.79 Å². The molecule has 0 aromatic carbocycles. The smallest absolute Gasteiger partial charge is 0.302 e. The van der Waals surface area contributed by atoms with Crippen LogP contribution in [0.15, 0.2) is 5.16 Å². The molecule has 4 heteroatoms. The topological polar surface area (TPSA) is 58.9 Å². The third-order valence-electron chi connectivity index (χ3n) is 4.49. The summed E-state index contributed by atoms with van der Waals surface area (Å²) in [6, 6.07) is 0. The van der Waals surface area contributed by atoms with Gasteiger partial charge in [-0.3, -0.25) is 4.79 Å². The molecule has 0 unspecified atom stereocenters. The Bertz CT molecular complexity index is 336. The number of carbonyl (C=O) groups excluding carboxylic acids is 1. The normalized spacial score (nSPS) is 34.6. The molecular formula is C13H23NO3. The Morgan fingerprint density at radius 1 is 1.53 bits per heavy atom. The molecule has 0 aromatic heterocycles. The summed E-state index contributed by atoms with van der Waals surface area (Å²) >= 11 is 0. The molecule has 2 atom stereocenters. The van der Waals surface area contributed by atoms with Crippen LogP contribution in [0.2, 0.25) is 0 Å². The Labute approximate surface area is 103 Å². The van der Waals surface area contributed by atoms with Crippen LogP contribution in [0.3, 0.4) is 0 Å². The number of rotatable bonds is 2. The second kappa shape index (κ2) is 4.67. The van der Waals surface area contributed by atoms with Gasteiger partial charge in [0, 0.05) is 12.3 Å². The maximum Gasteiger partial charge on any atom is 0.302 e. The van der Waals surface area contributed by atoms with Crippen LogP contribution < -0.4 is 0 Å². The van der Waals surface area contributed by atoms with Gasteiger partial charge in [0.1, 0.15) is 6.61 Å². The molecule has 0 radical (unpaired) electrons. The van der Waals surface area contributed by atoms with E-state index in [4.69, 9.17) is 9.94 Å². The summed E-state index contributed by atoms with van der Waals surface area (Å²) in [4.78, 5) is 11.0. The lowest BCUT2D eigenvalue weighted by atomic mass is 9.56. The maximum atomic E-state index is 11.0. The van der Waals surface area contributed by atoms with E-state index in [-0.39, 0.29) is 29.3 Å². The van der Waals surface area contributed by atoms with E-state index in [1.165, 1.54) is 6.92 Å². The fourth-order valence-corrected chi connectivity index (χ4v) is 2.68. The minimum Gasteiger partial charge on any atom is -0.465 e. The highest BCUT2D eigenvalue weighted by atomic mass is 16.5. The molecule has 0 bridgehead atoms. The SMILES string of the molecule is CC(=O)OC[C@]1(C)/C(=N/O)CCC(C)(C)[C@H]1C. The summed E-state index contributed by atoms with van der Waals surface area (Å²) in [7, 11) is 0. The number of ether oxygens (including phenoxy) is 1. The highest BCUT2D eigenvalue weighted by molar-refractivity contribution is 5.91. The average molecular weight is 241 g/mol. The van der Waals surface area contributed by atoms with Crippen molar-refractivity contribution in [2.24, 2.45) is 21.9 Å². The van der Waals surface area contributed by atoms with Crippen molar-refractivity contribution < 1.29 is 14.7 Å². The summed E-state index contributed by atoms with van der Waals surface area (Å²) in [5.41, 5.74) is 0.524. The molecule has 4 nitrogen and oxygen atoms in total. The van der Waals surface area contributed by atoms with E-state index in [0.29, 0.717) is 0 Å². The van der Waals surface area contributed by atoms with Crippen LogP contribution in [0.5, 0.6) is 0 Å². The van der Waals surface area contributed by atoms with Crippen LogP contribution in [0.1, 0.15) is 47.5 Å². The van der Waals surface area contributed by atoms with Gasteiger partial charge in [-0.15, -0.1) is 0 Å². The van der Waals surface area contributed by atoms with E-state index in [1.807, 2.05) is 6.92 Å². The van der Waals surface area contributed by atoms with E-state index < -0.39 is 0 Å². The monoisotopic (exact) mass is 241 g/mol. The number of oxime groups is 1. The molecule has 0 spiro atoms. The minimum absolute atomic E-state index is 0.156. The van der Waals surface area contributed by atoms with Gasteiger partial charge < -0.3 is 9.94 Å². The molecule has 0 amide bonds. The molecular weight excluding hydrogens is 218 g/mol. The molecule has 1 aliphatic carbocycles. The van der Waals surface area contributed by atoms with Gasteiger partial charge in [0.25, 0.3) is 0 Å². The molecule has 0 heterocycles. The second-order valence-electron chi connectivity index (χ2n) is 5.95. The average Bonchev–Trinajstić information content (AvgIpc) is 2.24. The predicted molar refractivity (Wildman–Crippen MR) is 66.1 cm³/mol. The van der Waals surface area contributed by atoms with Crippen molar-refractivity contribution in [2.45, 2.75) is 47.5 Å². The van der Waals surface area contributed by atoms with Crippen molar-refractivity contribution in [2.75, 3.05) is 6.61 Å². The molecule has 1 rings (SSSR count). The lowest BCUT2D eigenvalue weighted by molar-refractivity contribution is -0.145. The van der Waals surface area contributed by atoms with Crippen LogP contribution >= 0.6 is 0 Å². The van der Waals surface area contributed by atoms with Gasteiger partial charge >= 0.3 is 5.97 Å². The first-order valence-electron chi connectivity index (χ1n) is 6.09. The van der Waals surface area contributed by atoms with Gasteiger partial charge in [0.15, 0.2) is 0 Å². The third-order valence-corrected chi connectivity index (χ3v) is 4.49. The molecule has 0 saturated heterocycles. The predicted octanol–water partition coefficient (Wildman–Crippen LogP) is 2.84. The van der Waals surface area contributed by atoms with Crippen molar-refractivity contribution in [1.82, 2.24) is 0 Å². The fourth-order valence-electron chi connectivity index (χ4n) is 2.68. The van der Waals surface area contributed by atoms with Crippen molar-refractivity contribution in [1.29, 1.82) is 0 Å². The van der Waals surface area contributed by atoms with Crippen molar-refractivity contribution in [3.05, 3.63) is 0 Å². The van der Waals surface area contributed by atoms with Crippen LogP contribution in [-0.2, 0) is 9.53 Å². The Hall–Kier alpha value is -1.06. The van der Waals surface area contributed by atoms with Crippen molar-refractivity contribution in [3.8, 4) is 0 Å². The van der Waals surface area contributed by atoms with E-state index in [2.05, 4.69) is 25.9 Å². The Kier molecular flexibility index (Phi) is 3.84. The number of nitrogens with zero attached hydrogens (tertiary/aromatic N) is 1. The zero-order valence-electron chi connectivity index (χ0n) is 11.4.